The molecule has 2 heterocycles. The average Bonchev–Trinajstić information content (AvgIpc) is 3.00. The van der Waals surface area contributed by atoms with Gasteiger partial charge in [0.25, 0.3) is 5.89 Å². The maximum atomic E-state index is 6.06. The Kier molecular flexibility index (Phi) is 3.98. The predicted octanol–water partition coefficient (Wildman–Crippen LogP) is 2.87. The second-order valence-corrected chi connectivity index (χ2v) is 5.35. The molecule has 1 atom stereocenters. The molecule has 7 heteroatoms. The summed E-state index contributed by atoms with van der Waals surface area (Å²) in [6, 6.07) is 3.32. The van der Waals surface area contributed by atoms with E-state index >= 15 is 0 Å². The fourth-order valence-electron chi connectivity index (χ4n) is 2.36. The van der Waals surface area contributed by atoms with Gasteiger partial charge in [0.05, 0.1) is 30.0 Å². The lowest BCUT2D eigenvalue weighted by Gasteiger charge is -2.18. The Labute approximate surface area is 127 Å². The Hall–Kier alpha value is -1.79. The quantitative estimate of drug-likeness (QED) is 0.878. The molecule has 3 rings (SSSR count). The summed E-state index contributed by atoms with van der Waals surface area (Å²) in [5, 5.41) is 4.47. The fourth-order valence-corrected chi connectivity index (χ4v) is 2.52. The molecular weight excluding hydrogens is 294 g/mol. The molecule has 2 aromatic rings. The van der Waals surface area contributed by atoms with Crippen LogP contribution in [0.25, 0.3) is 11.5 Å². The first-order valence-electron chi connectivity index (χ1n) is 6.73. The van der Waals surface area contributed by atoms with Gasteiger partial charge in [-0.25, -0.2) is 0 Å². The standard InChI is InChI=1S/C14H16ClN3O3/c1-19-12-6-11(16)10(15)5-9(12)14-17-13(18-21-14)8-3-2-4-20-7-8/h5-6,8H,2-4,7,16H2,1H3. The largest absolute Gasteiger partial charge is 0.496 e. The molecule has 0 amide bonds. The normalized spacial score (nSPS) is 18.7. The zero-order valence-corrected chi connectivity index (χ0v) is 12.4. The molecule has 6 nitrogen and oxygen atoms in total. The van der Waals surface area contributed by atoms with Crippen LogP contribution < -0.4 is 10.5 Å². The van der Waals surface area contributed by atoms with E-state index in [4.69, 9.17) is 31.3 Å². The van der Waals surface area contributed by atoms with Crippen molar-refractivity contribution in [2.24, 2.45) is 0 Å². The molecule has 0 aliphatic carbocycles. The Morgan fingerprint density at radius 3 is 3.00 bits per heavy atom. The van der Waals surface area contributed by atoms with Crippen LogP contribution in [0.5, 0.6) is 5.75 Å². The van der Waals surface area contributed by atoms with Crippen LogP contribution in [0.4, 0.5) is 5.69 Å². The number of nitrogen functional groups attached to an aromatic ring is 1. The van der Waals surface area contributed by atoms with Crippen molar-refractivity contribution in [1.82, 2.24) is 10.1 Å². The van der Waals surface area contributed by atoms with Crippen LogP contribution in [-0.2, 0) is 4.74 Å². The SMILES string of the molecule is COc1cc(N)c(Cl)cc1-c1nc(C2CCCOC2)no1. The van der Waals surface area contributed by atoms with Crippen LogP contribution in [0, 0.1) is 0 Å². The van der Waals surface area contributed by atoms with Crippen LogP contribution in [-0.4, -0.2) is 30.5 Å². The van der Waals surface area contributed by atoms with Crippen molar-refractivity contribution in [2.45, 2.75) is 18.8 Å². The van der Waals surface area contributed by atoms with Gasteiger partial charge in [-0.2, -0.15) is 4.98 Å². The summed E-state index contributed by atoms with van der Waals surface area (Å²) in [6.45, 7) is 1.42. The molecular formula is C14H16ClN3O3. The highest BCUT2D eigenvalue weighted by Crippen LogP contribution is 2.36. The first kappa shape index (κ1) is 14.2. The number of aromatic nitrogens is 2. The average molecular weight is 310 g/mol. The van der Waals surface area contributed by atoms with Crippen molar-refractivity contribution < 1.29 is 14.0 Å². The summed E-state index contributed by atoms with van der Waals surface area (Å²) < 4.78 is 16.1. The molecule has 0 radical (unpaired) electrons. The van der Waals surface area contributed by atoms with E-state index in [9.17, 15) is 0 Å². The van der Waals surface area contributed by atoms with E-state index in [1.807, 2.05) is 0 Å². The minimum Gasteiger partial charge on any atom is -0.496 e. The van der Waals surface area contributed by atoms with E-state index in [0.29, 0.717) is 40.3 Å². The first-order chi connectivity index (χ1) is 10.2. The third-order valence-corrected chi connectivity index (χ3v) is 3.84. The highest BCUT2D eigenvalue weighted by atomic mass is 35.5. The molecule has 2 N–H and O–H groups in total. The van der Waals surface area contributed by atoms with Gasteiger partial charge < -0.3 is 19.7 Å². The lowest BCUT2D eigenvalue weighted by Crippen LogP contribution is -2.16. The van der Waals surface area contributed by atoms with Gasteiger partial charge in [0.1, 0.15) is 5.75 Å². The summed E-state index contributed by atoms with van der Waals surface area (Å²) in [5.74, 6) is 1.74. The Morgan fingerprint density at radius 2 is 2.29 bits per heavy atom. The smallest absolute Gasteiger partial charge is 0.261 e. The molecule has 0 saturated carbocycles. The van der Waals surface area contributed by atoms with Gasteiger partial charge in [0.2, 0.25) is 0 Å². The number of ether oxygens (including phenoxy) is 2. The first-order valence-corrected chi connectivity index (χ1v) is 7.11. The molecule has 1 aromatic heterocycles. The highest BCUT2D eigenvalue weighted by molar-refractivity contribution is 6.33. The predicted molar refractivity (Wildman–Crippen MR) is 78.5 cm³/mol. The molecule has 1 unspecified atom stereocenters. The lowest BCUT2D eigenvalue weighted by atomic mass is 10.0. The molecule has 1 aliphatic heterocycles. The molecule has 21 heavy (non-hydrogen) atoms. The Bertz CT molecular complexity index is 638. The zero-order valence-electron chi connectivity index (χ0n) is 11.6. The summed E-state index contributed by atoms with van der Waals surface area (Å²) in [4.78, 5) is 4.45. The number of nitrogens with zero attached hydrogens (tertiary/aromatic N) is 2. The minimum absolute atomic E-state index is 0.173. The van der Waals surface area contributed by atoms with Gasteiger partial charge in [0.15, 0.2) is 5.82 Å². The third-order valence-electron chi connectivity index (χ3n) is 3.52. The molecule has 1 aromatic carbocycles. The number of anilines is 1. The number of hydrogen-bond acceptors (Lipinski definition) is 6. The van der Waals surface area contributed by atoms with E-state index in [1.54, 1.807) is 19.2 Å². The van der Waals surface area contributed by atoms with Crippen molar-refractivity contribution in [2.75, 3.05) is 26.1 Å². The van der Waals surface area contributed by atoms with Gasteiger partial charge in [-0.1, -0.05) is 16.8 Å². The summed E-state index contributed by atoms with van der Waals surface area (Å²) in [7, 11) is 1.55. The van der Waals surface area contributed by atoms with E-state index in [-0.39, 0.29) is 5.92 Å². The molecule has 1 saturated heterocycles. The van der Waals surface area contributed by atoms with Gasteiger partial charge in [0, 0.05) is 18.6 Å². The Morgan fingerprint density at radius 1 is 1.43 bits per heavy atom. The molecule has 0 bridgehead atoms. The topological polar surface area (TPSA) is 83.4 Å². The van der Waals surface area contributed by atoms with Crippen LogP contribution in [0.15, 0.2) is 16.7 Å². The summed E-state index contributed by atoms with van der Waals surface area (Å²) in [6.07, 6.45) is 2.00. The third kappa shape index (κ3) is 2.82. The molecule has 0 spiro atoms. The zero-order chi connectivity index (χ0) is 14.8. The van der Waals surface area contributed by atoms with Crippen LogP contribution in [0.1, 0.15) is 24.6 Å². The molecule has 112 valence electrons. The molecule has 1 fully saturated rings. The highest BCUT2D eigenvalue weighted by Gasteiger charge is 2.23. The van der Waals surface area contributed by atoms with Crippen molar-refractivity contribution in [3.05, 3.63) is 23.0 Å². The van der Waals surface area contributed by atoms with E-state index in [1.165, 1.54) is 0 Å². The van der Waals surface area contributed by atoms with Gasteiger partial charge in [-0.3, -0.25) is 0 Å². The van der Waals surface area contributed by atoms with Crippen molar-refractivity contribution in [1.29, 1.82) is 0 Å². The van der Waals surface area contributed by atoms with Crippen molar-refractivity contribution in [3.63, 3.8) is 0 Å². The number of hydrogen-bond donors (Lipinski definition) is 1. The lowest BCUT2D eigenvalue weighted by molar-refractivity contribution is 0.0773. The van der Waals surface area contributed by atoms with Crippen LogP contribution >= 0.6 is 11.6 Å². The maximum Gasteiger partial charge on any atom is 0.261 e. The molecule has 1 aliphatic rings. The second-order valence-electron chi connectivity index (χ2n) is 4.95. The van der Waals surface area contributed by atoms with Crippen LogP contribution in [0.2, 0.25) is 5.02 Å². The summed E-state index contributed by atoms with van der Waals surface area (Å²) in [5.41, 5.74) is 6.84. The van der Waals surface area contributed by atoms with E-state index in [0.717, 1.165) is 19.4 Å². The summed E-state index contributed by atoms with van der Waals surface area (Å²) >= 11 is 6.06. The second kappa shape index (κ2) is 5.91. The minimum atomic E-state index is 0.173. The number of benzene rings is 1. The van der Waals surface area contributed by atoms with Gasteiger partial charge >= 0.3 is 0 Å². The monoisotopic (exact) mass is 309 g/mol. The van der Waals surface area contributed by atoms with Gasteiger partial charge in [-0.05, 0) is 18.9 Å². The maximum absolute atomic E-state index is 6.06. The fraction of sp³-hybridized carbons (Fsp3) is 0.429. The Balaban J connectivity index is 1.94. The van der Waals surface area contributed by atoms with Crippen molar-refractivity contribution in [3.8, 4) is 17.2 Å². The van der Waals surface area contributed by atoms with Gasteiger partial charge in [-0.15, -0.1) is 0 Å². The van der Waals surface area contributed by atoms with E-state index in [2.05, 4.69) is 10.1 Å². The van der Waals surface area contributed by atoms with E-state index < -0.39 is 0 Å². The number of rotatable bonds is 3. The number of methoxy groups -OCH3 is 1. The number of halogens is 1. The number of nitrogens with two attached hydrogens (primary N) is 1. The van der Waals surface area contributed by atoms with Crippen LogP contribution in [0.3, 0.4) is 0 Å². The van der Waals surface area contributed by atoms with Crippen molar-refractivity contribution >= 4 is 17.3 Å².